The first-order valence-corrected chi connectivity index (χ1v) is 7.48. The summed E-state index contributed by atoms with van der Waals surface area (Å²) in [6.45, 7) is 2.78. The van der Waals surface area contributed by atoms with Crippen LogP contribution in [0.25, 0.3) is 0 Å². The highest BCUT2D eigenvalue weighted by Gasteiger charge is 2.35. The summed E-state index contributed by atoms with van der Waals surface area (Å²) in [4.78, 5) is 14.5. The average Bonchev–Trinajstić information content (AvgIpc) is 2.59. The molecule has 1 aromatic rings. The number of amides is 1. The van der Waals surface area contributed by atoms with E-state index in [1.807, 2.05) is 6.07 Å². The maximum atomic E-state index is 12.1. The van der Waals surface area contributed by atoms with Crippen LogP contribution in [0.2, 0.25) is 0 Å². The molecule has 2 heterocycles. The molecule has 0 aromatic heterocycles. The maximum Gasteiger partial charge on any atom is 0.222 e. The van der Waals surface area contributed by atoms with Gasteiger partial charge in [-0.25, -0.2) is 0 Å². The molecule has 20 heavy (non-hydrogen) atoms. The van der Waals surface area contributed by atoms with Gasteiger partial charge in [-0.2, -0.15) is 0 Å². The van der Waals surface area contributed by atoms with Crippen molar-refractivity contribution >= 4 is 11.6 Å². The maximum absolute atomic E-state index is 12.1. The number of nitrogens with zero attached hydrogens (tertiary/aromatic N) is 1. The van der Waals surface area contributed by atoms with Gasteiger partial charge < -0.3 is 15.5 Å². The Bertz CT molecular complexity index is 502. The van der Waals surface area contributed by atoms with Gasteiger partial charge in [-0.1, -0.05) is 18.2 Å². The number of rotatable bonds is 0. The van der Waals surface area contributed by atoms with Gasteiger partial charge in [-0.3, -0.25) is 4.79 Å². The minimum Gasteiger partial charge on any atom is -0.379 e. The third-order valence-electron chi connectivity index (χ3n) is 4.56. The zero-order valence-electron chi connectivity index (χ0n) is 12.1. The lowest BCUT2D eigenvalue weighted by molar-refractivity contribution is -0.122. The molecule has 2 aliphatic heterocycles. The molecular formula is C16H23N3O. The first-order chi connectivity index (χ1) is 9.67. The van der Waals surface area contributed by atoms with E-state index in [1.54, 1.807) is 0 Å². The van der Waals surface area contributed by atoms with Gasteiger partial charge in [0.15, 0.2) is 0 Å². The molecule has 0 radical (unpaired) electrons. The van der Waals surface area contributed by atoms with Crippen LogP contribution in [-0.2, 0) is 11.3 Å². The van der Waals surface area contributed by atoms with Crippen molar-refractivity contribution in [1.82, 2.24) is 10.2 Å². The second-order valence-corrected chi connectivity index (χ2v) is 6.17. The SMILES string of the molecule is CN1CCCC2(CC1)CC(=O)NCc1ccccc1N2. The second kappa shape index (κ2) is 5.44. The number of benzene rings is 1. The summed E-state index contributed by atoms with van der Waals surface area (Å²) < 4.78 is 0. The Morgan fingerprint density at radius 1 is 1.20 bits per heavy atom. The monoisotopic (exact) mass is 273 g/mol. The van der Waals surface area contributed by atoms with Gasteiger partial charge in [0.05, 0.1) is 0 Å². The number of hydrogen-bond donors (Lipinski definition) is 2. The Balaban J connectivity index is 1.92. The predicted molar refractivity (Wildman–Crippen MR) is 80.6 cm³/mol. The van der Waals surface area contributed by atoms with Crippen LogP contribution in [-0.4, -0.2) is 36.5 Å². The Morgan fingerprint density at radius 2 is 2.05 bits per heavy atom. The van der Waals surface area contributed by atoms with Crippen LogP contribution in [0, 0.1) is 0 Å². The van der Waals surface area contributed by atoms with Crippen LogP contribution in [0.5, 0.6) is 0 Å². The van der Waals surface area contributed by atoms with Crippen molar-refractivity contribution in [2.75, 3.05) is 25.5 Å². The number of carbonyl (C=O) groups is 1. The van der Waals surface area contributed by atoms with Crippen molar-refractivity contribution in [2.24, 2.45) is 0 Å². The zero-order valence-corrected chi connectivity index (χ0v) is 12.1. The average molecular weight is 273 g/mol. The molecule has 4 nitrogen and oxygen atoms in total. The Kier molecular flexibility index (Phi) is 3.66. The van der Waals surface area contributed by atoms with E-state index in [1.165, 1.54) is 11.3 Å². The molecular weight excluding hydrogens is 250 g/mol. The highest BCUT2D eigenvalue weighted by atomic mass is 16.1. The van der Waals surface area contributed by atoms with Crippen LogP contribution in [0.1, 0.15) is 31.2 Å². The molecule has 1 unspecified atom stereocenters. The standard InChI is InChI=1S/C16H23N3O/c1-19-9-4-7-16(8-10-19)11-15(20)17-12-13-5-2-3-6-14(13)18-16/h2-3,5-6,18H,4,7-12H2,1H3,(H,17,20). The third kappa shape index (κ3) is 2.80. The summed E-state index contributed by atoms with van der Waals surface area (Å²) >= 11 is 0. The molecule has 1 saturated heterocycles. The van der Waals surface area contributed by atoms with Crippen LogP contribution < -0.4 is 10.6 Å². The highest BCUT2D eigenvalue weighted by molar-refractivity contribution is 5.79. The Hall–Kier alpha value is -1.55. The first-order valence-electron chi connectivity index (χ1n) is 7.48. The van der Waals surface area contributed by atoms with Gasteiger partial charge in [-0.05, 0) is 44.5 Å². The van der Waals surface area contributed by atoms with E-state index in [2.05, 4.69) is 40.8 Å². The highest BCUT2D eigenvalue weighted by Crippen LogP contribution is 2.32. The Labute approximate surface area is 120 Å². The molecule has 3 rings (SSSR count). The van der Waals surface area contributed by atoms with Crippen molar-refractivity contribution < 1.29 is 4.79 Å². The van der Waals surface area contributed by atoms with Crippen LogP contribution >= 0.6 is 0 Å². The molecule has 1 atom stereocenters. The fourth-order valence-electron chi connectivity index (χ4n) is 3.32. The molecule has 1 amide bonds. The van der Waals surface area contributed by atoms with E-state index in [0.29, 0.717) is 13.0 Å². The summed E-state index contributed by atoms with van der Waals surface area (Å²) in [6, 6.07) is 8.31. The van der Waals surface area contributed by atoms with Gasteiger partial charge in [-0.15, -0.1) is 0 Å². The summed E-state index contributed by atoms with van der Waals surface area (Å²) in [5, 5.41) is 6.77. The smallest absolute Gasteiger partial charge is 0.222 e. The van der Waals surface area contributed by atoms with E-state index in [4.69, 9.17) is 0 Å². The summed E-state index contributed by atoms with van der Waals surface area (Å²) in [5.74, 6) is 0.163. The topological polar surface area (TPSA) is 44.4 Å². The van der Waals surface area contributed by atoms with E-state index in [0.717, 1.165) is 32.4 Å². The zero-order chi connectivity index (χ0) is 14.0. The minimum absolute atomic E-state index is 0.0919. The number of nitrogens with one attached hydrogen (secondary N) is 2. The van der Waals surface area contributed by atoms with Crippen molar-refractivity contribution in [1.29, 1.82) is 0 Å². The third-order valence-corrected chi connectivity index (χ3v) is 4.56. The Morgan fingerprint density at radius 3 is 2.95 bits per heavy atom. The van der Waals surface area contributed by atoms with Gasteiger partial charge in [0.2, 0.25) is 5.91 Å². The number of carbonyl (C=O) groups excluding carboxylic acids is 1. The van der Waals surface area contributed by atoms with Crippen LogP contribution in [0.3, 0.4) is 0 Å². The molecule has 1 spiro atoms. The quantitative estimate of drug-likeness (QED) is 0.759. The van der Waals surface area contributed by atoms with E-state index < -0.39 is 0 Å². The molecule has 2 aliphatic rings. The largest absolute Gasteiger partial charge is 0.379 e. The fourth-order valence-corrected chi connectivity index (χ4v) is 3.32. The van der Waals surface area contributed by atoms with Gasteiger partial charge in [0, 0.05) is 30.7 Å². The van der Waals surface area contributed by atoms with E-state index >= 15 is 0 Å². The summed E-state index contributed by atoms with van der Waals surface area (Å²) in [5.41, 5.74) is 2.26. The molecule has 0 bridgehead atoms. The lowest BCUT2D eigenvalue weighted by atomic mass is 9.85. The molecule has 0 saturated carbocycles. The molecule has 4 heteroatoms. The molecule has 2 N–H and O–H groups in total. The number of fused-ring (bicyclic) bond motifs is 1. The minimum atomic E-state index is -0.0919. The first kappa shape index (κ1) is 13.4. The lowest BCUT2D eigenvalue weighted by Gasteiger charge is -2.37. The fraction of sp³-hybridized carbons (Fsp3) is 0.562. The van der Waals surface area contributed by atoms with Crippen LogP contribution in [0.15, 0.2) is 24.3 Å². The normalized spacial score (nSPS) is 27.8. The molecule has 0 aliphatic carbocycles. The van der Waals surface area contributed by atoms with Gasteiger partial charge in [0.1, 0.15) is 0 Å². The van der Waals surface area contributed by atoms with Gasteiger partial charge in [0.25, 0.3) is 0 Å². The lowest BCUT2D eigenvalue weighted by Crippen LogP contribution is -2.45. The van der Waals surface area contributed by atoms with Crippen molar-refractivity contribution in [3.05, 3.63) is 29.8 Å². The number of anilines is 1. The van der Waals surface area contributed by atoms with Gasteiger partial charge >= 0.3 is 0 Å². The molecule has 1 fully saturated rings. The van der Waals surface area contributed by atoms with E-state index in [9.17, 15) is 4.79 Å². The predicted octanol–water partition coefficient (Wildman–Crippen LogP) is 1.97. The van der Waals surface area contributed by atoms with Crippen molar-refractivity contribution in [3.8, 4) is 0 Å². The summed E-state index contributed by atoms with van der Waals surface area (Å²) in [6.07, 6.45) is 3.79. The summed E-state index contributed by atoms with van der Waals surface area (Å²) in [7, 11) is 2.16. The second-order valence-electron chi connectivity index (χ2n) is 6.17. The van der Waals surface area contributed by atoms with E-state index in [-0.39, 0.29) is 11.4 Å². The van der Waals surface area contributed by atoms with Crippen LogP contribution in [0.4, 0.5) is 5.69 Å². The number of hydrogen-bond acceptors (Lipinski definition) is 3. The van der Waals surface area contributed by atoms with Crippen molar-refractivity contribution in [2.45, 2.75) is 37.8 Å². The number of likely N-dealkylation sites (tertiary alicyclic amines) is 1. The van der Waals surface area contributed by atoms with Crippen molar-refractivity contribution in [3.63, 3.8) is 0 Å². The molecule has 108 valence electrons. The number of para-hydroxylation sites is 1. The molecule has 1 aromatic carbocycles.